The van der Waals surface area contributed by atoms with Crippen LogP contribution >= 0.6 is 7.14 Å². The molecule has 0 saturated carbocycles. The molecule has 0 saturated heterocycles. The molecule has 2 heteroatoms. The van der Waals surface area contributed by atoms with Gasteiger partial charge in [-0.15, -0.1) is 0 Å². The fraction of sp³-hybridized carbons (Fsp3) is 0.222. The van der Waals surface area contributed by atoms with Crippen molar-refractivity contribution >= 4 is 17.8 Å². The van der Waals surface area contributed by atoms with Gasteiger partial charge in [0.05, 0.1) is 0 Å². The van der Waals surface area contributed by atoms with Crippen molar-refractivity contribution in [1.29, 1.82) is 0 Å². The maximum Gasteiger partial charge on any atom is 0.143 e. The van der Waals surface area contributed by atoms with Gasteiger partial charge in [0.25, 0.3) is 0 Å². The Bertz CT molecular complexity index is 587. The minimum atomic E-state index is -2.52. The third kappa shape index (κ3) is 2.64. The van der Waals surface area contributed by atoms with Crippen LogP contribution in [0.5, 0.6) is 0 Å². The number of hydrogen-bond donors (Lipinski definition) is 0. The summed E-state index contributed by atoms with van der Waals surface area (Å²) in [6.07, 6.45) is 7.44. The van der Waals surface area contributed by atoms with Gasteiger partial charge in [0.15, 0.2) is 0 Å². The van der Waals surface area contributed by atoms with Crippen LogP contribution in [-0.2, 0) is 4.57 Å². The number of allylic oxidation sites excluding steroid dienone is 2. The molecular formula is C18H19OP. The first-order valence-corrected chi connectivity index (χ1v) is 9.05. The predicted molar refractivity (Wildman–Crippen MR) is 86.5 cm³/mol. The molecule has 0 heterocycles. The van der Waals surface area contributed by atoms with Gasteiger partial charge in [-0.25, -0.2) is 0 Å². The van der Waals surface area contributed by atoms with Crippen LogP contribution in [0.2, 0.25) is 0 Å². The normalized spacial score (nSPS) is 18.3. The zero-order valence-electron chi connectivity index (χ0n) is 11.5. The summed E-state index contributed by atoms with van der Waals surface area (Å²) in [5, 5.41) is 1.96. The van der Waals surface area contributed by atoms with E-state index in [2.05, 4.69) is 12.2 Å². The van der Waals surface area contributed by atoms with Crippen molar-refractivity contribution in [2.24, 2.45) is 5.92 Å². The molecule has 0 radical (unpaired) electrons. The molecule has 102 valence electrons. The van der Waals surface area contributed by atoms with E-state index in [0.29, 0.717) is 5.92 Å². The minimum absolute atomic E-state index is 0.446. The molecule has 3 rings (SSSR count). The summed E-state index contributed by atoms with van der Waals surface area (Å²) in [4.78, 5) is 0. The van der Waals surface area contributed by atoms with E-state index in [1.165, 1.54) is 0 Å². The van der Waals surface area contributed by atoms with Crippen molar-refractivity contribution in [1.82, 2.24) is 0 Å². The van der Waals surface area contributed by atoms with Gasteiger partial charge in [0.2, 0.25) is 0 Å². The fourth-order valence-electron chi connectivity index (χ4n) is 2.88. The van der Waals surface area contributed by atoms with Crippen molar-refractivity contribution < 1.29 is 4.57 Å². The SMILES string of the molecule is O=P(CC1C=CCC1)(c1ccccc1)c1ccccc1. The number of hydrogen-bond acceptors (Lipinski definition) is 1. The molecule has 1 nitrogen and oxygen atoms in total. The Morgan fingerprint density at radius 1 is 0.900 bits per heavy atom. The van der Waals surface area contributed by atoms with Crippen molar-refractivity contribution in [3.63, 3.8) is 0 Å². The monoisotopic (exact) mass is 282 g/mol. The van der Waals surface area contributed by atoms with E-state index >= 15 is 0 Å². The molecule has 1 unspecified atom stereocenters. The van der Waals surface area contributed by atoms with Crippen molar-refractivity contribution in [3.05, 3.63) is 72.8 Å². The summed E-state index contributed by atoms with van der Waals surface area (Å²) in [6, 6.07) is 19.9. The second-order valence-corrected chi connectivity index (χ2v) is 8.24. The summed E-state index contributed by atoms with van der Waals surface area (Å²) in [7, 11) is -2.52. The third-order valence-corrected chi connectivity index (χ3v) is 7.20. The largest absolute Gasteiger partial charge is 0.314 e. The summed E-state index contributed by atoms with van der Waals surface area (Å²) < 4.78 is 13.7. The van der Waals surface area contributed by atoms with Gasteiger partial charge in [-0.05, 0) is 18.8 Å². The van der Waals surface area contributed by atoms with E-state index in [0.717, 1.165) is 29.6 Å². The maximum absolute atomic E-state index is 13.7. The van der Waals surface area contributed by atoms with E-state index in [1.54, 1.807) is 0 Å². The highest BCUT2D eigenvalue weighted by molar-refractivity contribution is 7.78. The van der Waals surface area contributed by atoms with E-state index in [4.69, 9.17) is 0 Å². The van der Waals surface area contributed by atoms with E-state index < -0.39 is 7.14 Å². The molecule has 2 aromatic rings. The van der Waals surface area contributed by atoms with Crippen LogP contribution in [0.25, 0.3) is 0 Å². The zero-order chi connectivity index (χ0) is 13.8. The molecular weight excluding hydrogens is 263 g/mol. The Kier molecular flexibility index (Phi) is 3.89. The van der Waals surface area contributed by atoms with Crippen LogP contribution in [0.4, 0.5) is 0 Å². The Labute approximate surface area is 120 Å². The van der Waals surface area contributed by atoms with Gasteiger partial charge in [-0.1, -0.05) is 72.8 Å². The molecule has 0 spiro atoms. The summed E-state index contributed by atoms with van der Waals surface area (Å²) in [5.41, 5.74) is 0. The van der Waals surface area contributed by atoms with Crippen LogP contribution in [0.15, 0.2) is 72.8 Å². The van der Waals surface area contributed by atoms with Gasteiger partial charge >= 0.3 is 0 Å². The zero-order valence-corrected chi connectivity index (χ0v) is 12.4. The van der Waals surface area contributed by atoms with Gasteiger partial charge < -0.3 is 4.57 Å². The lowest BCUT2D eigenvalue weighted by Crippen LogP contribution is -2.21. The molecule has 0 bridgehead atoms. The lowest BCUT2D eigenvalue weighted by atomic mass is 10.2. The third-order valence-electron chi connectivity index (χ3n) is 3.95. The molecule has 1 aliphatic rings. The van der Waals surface area contributed by atoms with Crippen molar-refractivity contribution in [3.8, 4) is 0 Å². The second kappa shape index (κ2) is 5.81. The van der Waals surface area contributed by atoms with Crippen molar-refractivity contribution in [2.75, 3.05) is 6.16 Å². The smallest absolute Gasteiger partial charge is 0.143 e. The Hall–Kier alpha value is -1.59. The molecule has 1 atom stereocenters. The topological polar surface area (TPSA) is 17.1 Å². The van der Waals surface area contributed by atoms with Crippen LogP contribution in [0.1, 0.15) is 12.8 Å². The number of rotatable bonds is 4. The van der Waals surface area contributed by atoms with E-state index in [1.807, 2.05) is 60.7 Å². The summed E-state index contributed by atoms with van der Waals surface area (Å²) in [5.74, 6) is 0.446. The van der Waals surface area contributed by atoms with Crippen molar-refractivity contribution in [2.45, 2.75) is 12.8 Å². The quantitative estimate of drug-likeness (QED) is 0.612. The van der Waals surface area contributed by atoms with Gasteiger partial charge in [0, 0.05) is 16.8 Å². The number of benzene rings is 2. The molecule has 2 aromatic carbocycles. The second-order valence-electron chi connectivity index (χ2n) is 5.36. The molecule has 20 heavy (non-hydrogen) atoms. The van der Waals surface area contributed by atoms with Crippen LogP contribution in [0.3, 0.4) is 0 Å². The molecule has 0 fully saturated rings. The lowest BCUT2D eigenvalue weighted by Gasteiger charge is -2.22. The molecule has 0 aliphatic heterocycles. The molecule has 1 aliphatic carbocycles. The van der Waals surface area contributed by atoms with Crippen LogP contribution in [-0.4, -0.2) is 6.16 Å². The average molecular weight is 282 g/mol. The first kappa shape index (κ1) is 13.4. The minimum Gasteiger partial charge on any atom is -0.314 e. The standard InChI is InChI=1S/C18H19OP/c19-20(15-16-9-7-8-10-16,17-11-3-1-4-12-17)18-13-5-2-6-14-18/h1-7,9,11-14,16H,8,10,15H2. The van der Waals surface area contributed by atoms with Gasteiger partial charge in [-0.2, -0.15) is 0 Å². The lowest BCUT2D eigenvalue weighted by molar-refractivity contribution is 0.578. The molecule has 0 N–H and O–H groups in total. The molecule has 0 aromatic heterocycles. The maximum atomic E-state index is 13.7. The first-order chi connectivity index (χ1) is 9.79. The van der Waals surface area contributed by atoms with Gasteiger partial charge in [-0.3, -0.25) is 0 Å². The average Bonchev–Trinajstić information content (AvgIpc) is 3.02. The summed E-state index contributed by atoms with van der Waals surface area (Å²) >= 11 is 0. The Morgan fingerprint density at radius 2 is 1.45 bits per heavy atom. The highest BCUT2D eigenvalue weighted by Gasteiger charge is 2.30. The van der Waals surface area contributed by atoms with Gasteiger partial charge in [0.1, 0.15) is 7.14 Å². The van der Waals surface area contributed by atoms with E-state index in [-0.39, 0.29) is 0 Å². The molecule has 0 amide bonds. The Morgan fingerprint density at radius 3 is 1.90 bits per heavy atom. The van der Waals surface area contributed by atoms with E-state index in [9.17, 15) is 4.57 Å². The highest BCUT2D eigenvalue weighted by atomic mass is 31.2. The Balaban J connectivity index is 2.03. The van der Waals surface area contributed by atoms with Crippen LogP contribution in [0, 0.1) is 5.92 Å². The highest BCUT2D eigenvalue weighted by Crippen LogP contribution is 2.46. The fourth-order valence-corrected chi connectivity index (χ4v) is 5.87. The predicted octanol–water partition coefficient (Wildman–Crippen LogP) is 3.97. The van der Waals surface area contributed by atoms with Crippen LogP contribution < -0.4 is 10.6 Å². The summed E-state index contributed by atoms with van der Waals surface area (Å²) in [6.45, 7) is 0. The first-order valence-electron chi connectivity index (χ1n) is 7.16.